The summed E-state index contributed by atoms with van der Waals surface area (Å²) in [5.41, 5.74) is 5.05. The molecule has 0 spiro atoms. The van der Waals surface area contributed by atoms with Gasteiger partial charge in [0, 0.05) is 35.8 Å². The van der Waals surface area contributed by atoms with Gasteiger partial charge in [0.25, 0.3) is 11.8 Å². The quantitative estimate of drug-likeness (QED) is 0.552. The molecule has 3 aromatic rings. The van der Waals surface area contributed by atoms with Crippen molar-refractivity contribution in [3.05, 3.63) is 65.2 Å². The number of pyridine rings is 1. The second-order valence-corrected chi connectivity index (χ2v) is 10.9. The minimum atomic E-state index is -0.243. The fourth-order valence-electron chi connectivity index (χ4n) is 3.38. The average Bonchev–Trinajstić information content (AvgIpc) is 3.15. The van der Waals surface area contributed by atoms with Crippen molar-refractivity contribution in [1.82, 2.24) is 20.1 Å². The zero-order chi connectivity index (χ0) is 25.3. The van der Waals surface area contributed by atoms with Crippen LogP contribution in [0.15, 0.2) is 42.6 Å². The Bertz CT molecular complexity index is 1200. The Morgan fingerprint density at radius 3 is 2.18 bits per heavy atom. The van der Waals surface area contributed by atoms with Gasteiger partial charge in [-0.05, 0) is 42.2 Å². The van der Waals surface area contributed by atoms with Crippen molar-refractivity contribution in [3.63, 3.8) is 0 Å². The third-order valence-corrected chi connectivity index (χ3v) is 5.46. The lowest BCUT2D eigenvalue weighted by Gasteiger charge is -2.18. The summed E-state index contributed by atoms with van der Waals surface area (Å²) < 4.78 is 1.60. The summed E-state index contributed by atoms with van der Waals surface area (Å²) in [5.74, 6) is -0.337. The van der Waals surface area contributed by atoms with Crippen molar-refractivity contribution >= 4 is 17.5 Å². The van der Waals surface area contributed by atoms with Gasteiger partial charge in [-0.25, -0.2) is 0 Å². The molecule has 0 aliphatic heterocycles. The molecule has 0 aliphatic carbocycles. The van der Waals surface area contributed by atoms with Crippen LogP contribution in [0.25, 0.3) is 11.1 Å². The van der Waals surface area contributed by atoms with Gasteiger partial charge in [-0.2, -0.15) is 5.10 Å². The first-order chi connectivity index (χ1) is 15.7. The van der Waals surface area contributed by atoms with Gasteiger partial charge >= 0.3 is 0 Å². The first kappa shape index (κ1) is 25.1. The van der Waals surface area contributed by atoms with Gasteiger partial charge in [0.1, 0.15) is 5.69 Å². The van der Waals surface area contributed by atoms with Gasteiger partial charge in [0.15, 0.2) is 0 Å². The van der Waals surface area contributed by atoms with E-state index in [1.54, 1.807) is 17.9 Å². The lowest BCUT2D eigenvalue weighted by atomic mass is 9.92. The van der Waals surface area contributed by atoms with Crippen LogP contribution in [-0.4, -0.2) is 33.1 Å². The number of benzene rings is 1. The molecule has 0 radical (unpaired) electrons. The van der Waals surface area contributed by atoms with Crippen molar-refractivity contribution in [3.8, 4) is 11.1 Å². The second kappa shape index (κ2) is 9.41. The number of carbonyl (C=O) groups is 2. The van der Waals surface area contributed by atoms with E-state index in [9.17, 15) is 9.59 Å². The normalized spacial score (nSPS) is 11.9. The zero-order valence-electron chi connectivity index (χ0n) is 21.4. The largest absolute Gasteiger partial charge is 0.352 e. The smallest absolute Gasteiger partial charge is 0.273 e. The molecule has 180 valence electrons. The van der Waals surface area contributed by atoms with Crippen LogP contribution >= 0.6 is 0 Å². The van der Waals surface area contributed by atoms with E-state index in [4.69, 9.17) is 0 Å². The summed E-state index contributed by atoms with van der Waals surface area (Å²) in [4.78, 5) is 29.8. The third-order valence-electron chi connectivity index (χ3n) is 5.46. The van der Waals surface area contributed by atoms with Crippen molar-refractivity contribution in [2.24, 2.45) is 12.5 Å². The maximum absolute atomic E-state index is 12.9. The van der Waals surface area contributed by atoms with Crippen molar-refractivity contribution < 1.29 is 9.59 Å². The molecular formula is C27H35N5O2. The maximum Gasteiger partial charge on any atom is 0.273 e. The highest BCUT2D eigenvalue weighted by atomic mass is 16.2. The van der Waals surface area contributed by atoms with Crippen molar-refractivity contribution in [2.45, 2.75) is 53.9 Å². The van der Waals surface area contributed by atoms with Crippen LogP contribution in [0.1, 0.15) is 73.8 Å². The van der Waals surface area contributed by atoms with Crippen LogP contribution in [0.5, 0.6) is 0 Å². The predicted molar refractivity (Wildman–Crippen MR) is 136 cm³/mol. The molecule has 2 aromatic heterocycles. The summed E-state index contributed by atoms with van der Waals surface area (Å²) in [6.07, 6.45) is 1.64. The van der Waals surface area contributed by atoms with Crippen LogP contribution in [0, 0.1) is 12.3 Å². The Balaban J connectivity index is 1.78. The lowest BCUT2D eigenvalue weighted by molar-refractivity contribution is 0.0938. The zero-order valence-corrected chi connectivity index (χ0v) is 21.4. The maximum atomic E-state index is 12.9. The first-order valence-electron chi connectivity index (χ1n) is 11.5. The van der Waals surface area contributed by atoms with E-state index in [1.165, 1.54) is 0 Å². The molecular weight excluding hydrogens is 426 g/mol. The molecule has 0 aliphatic rings. The van der Waals surface area contributed by atoms with Gasteiger partial charge in [-0.1, -0.05) is 53.7 Å². The second-order valence-electron chi connectivity index (χ2n) is 10.9. The SMILES string of the molecule is Cc1ncc(NC(=O)c2cc(C(C)(C)C)nn2C)cc1-c1ccc(C(=O)NCC(C)(C)C)cc1. The van der Waals surface area contributed by atoms with Gasteiger partial charge in [0.2, 0.25) is 0 Å². The summed E-state index contributed by atoms with van der Waals surface area (Å²) in [5, 5.41) is 10.4. The molecule has 0 atom stereocenters. The topological polar surface area (TPSA) is 88.9 Å². The van der Waals surface area contributed by atoms with Gasteiger partial charge < -0.3 is 10.6 Å². The molecule has 0 unspecified atom stereocenters. The standard InChI is InChI=1S/C27H35N5O2/c1-17-21(18-9-11-19(12-10-18)24(33)29-16-26(2,3)4)13-20(15-28-17)30-25(34)22-14-23(27(5,6)7)31-32(22)8/h9-15H,16H2,1-8H3,(H,29,33)(H,30,34). The van der Waals surface area contributed by atoms with E-state index in [2.05, 4.69) is 62.3 Å². The molecule has 2 N–H and O–H groups in total. The number of rotatable bonds is 5. The highest BCUT2D eigenvalue weighted by molar-refractivity contribution is 6.03. The first-order valence-corrected chi connectivity index (χ1v) is 11.5. The van der Waals surface area contributed by atoms with E-state index < -0.39 is 0 Å². The minimum Gasteiger partial charge on any atom is -0.352 e. The highest BCUT2D eigenvalue weighted by Crippen LogP contribution is 2.26. The summed E-state index contributed by atoms with van der Waals surface area (Å²) in [7, 11) is 1.77. The lowest BCUT2D eigenvalue weighted by Crippen LogP contribution is -2.32. The third kappa shape index (κ3) is 6.10. The number of nitrogens with zero attached hydrogens (tertiary/aromatic N) is 3. The monoisotopic (exact) mass is 461 g/mol. The van der Waals surface area contributed by atoms with E-state index in [1.807, 2.05) is 43.3 Å². The van der Waals surface area contributed by atoms with Crippen molar-refractivity contribution in [1.29, 1.82) is 0 Å². The van der Waals surface area contributed by atoms with E-state index in [0.29, 0.717) is 23.5 Å². The molecule has 7 nitrogen and oxygen atoms in total. The Morgan fingerprint density at radius 1 is 0.971 bits per heavy atom. The van der Waals surface area contributed by atoms with E-state index in [-0.39, 0.29) is 22.6 Å². The number of hydrogen-bond donors (Lipinski definition) is 2. The number of nitrogens with one attached hydrogen (secondary N) is 2. The molecule has 7 heteroatoms. The fraction of sp³-hybridized carbons (Fsp3) is 0.407. The molecule has 2 amide bonds. The average molecular weight is 462 g/mol. The van der Waals surface area contributed by atoms with Crippen molar-refractivity contribution in [2.75, 3.05) is 11.9 Å². The molecule has 0 saturated heterocycles. The molecule has 1 aromatic carbocycles. The van der Waals surface area contributed by atoms with Crippen LogP contribution in [0.3, 0.4) is 0 Å². The Hall–Kier alpha value is -3.48. The predicted octanol–water partition coefficient (Wildman–Crippen LogP) is 5.12. The van der Waals surface area contributed by atoms with Gasteiger partial charge in [-0.3, -0.25) is 19.3 Å². The molecule has 0 fully saturated rings. The molecule has 2 heterocycles. The summed E-state index contributed by atoms with van der Waals surface area (Å²) in [6.45, 7) is 14.9. The number of aryl methyl sites for hydroxylation is 2. The Morgan fingerprint density at radius 2 is 1.62 bits per heavy atom. The summed E-state index contributed by atoms with van der Waals surface area (Å²) in [6, 6.07) is 11.1. The van der Waals surface area contributed by atoms with E-state index in [0.717, 1.165) is 22.5 Å². The van der Waals surface area contributed by atoms with Crippen LogP contribution in [0.2, 0.25) is 0 Å². The number of anilines is 1. The number of amides is 2. The number of hydrogen-bond acceptors (Lipinski definition) is 4. The Kier molecular flexibility index (Phi) is 6.96. The number of aromatic nitrogens is 3. The summed E-state index contributed by atoms with van der Waals surface area (Å²) >= 11 is 0. The van der Waals surface area contributed by atoms with Crippen LogP contribution in [0.4, 0.5) is 5.69 Å². The fourth-order valence-corrected chi connectivity index (χ4v) is 3.38. The van der Waals surface area contributed by atoms with Gasteiger partial charge in [0.05, 0.1) is 17.6 Å². The Labute approximate surface area is 202 Å². The highest BCUT2D eigenvalue weighted by Gasteiger charge is 2.22. The van der Waals surface area contributed by atoms with E-state index >= 15 is 0 Å². The number of carbonyl (C=O) groups excluding carboxylic acids is 2. The minimum absolute atomic E-state index is 0.0209. The molecule has 0 saturated carbocycles. The van der Waals surface area contributed by atoms with Gasteiger partial charge in [-0.15, -0.1) is 0 Å². The molecule has 3 rings (SSSR count). The molecule has 34 heavy (non-hydrogen) atoms. The van der Waals surface area contributed by atoms with Crippen LogP contribution in [-0.2, 0) is 12.5 Å². The van der Waals surface area contributed by atoms with Crippen LogP contribution < -0.4 is 10.6 Å². The molecule has 0 bridgehead atoms.